The van der Waals surface area contributed by atoms with Crippen molar-refractivity contribution in [3.05, 3.63) is 63.2 Å². The maximum absolute atomic E-state index is 15.2. The minimum atomic E-state index is -0.691. The standard InChI is InChI=1S/C23H23F2N5O3.2C2H6/c1-26-23(32)16-4-5-17(21(25)27-16)30-9-7-29(8-10-30)12-13-2-3-14-19(18(13)24)28-22(31)15-6-11-33-20(14)15;2*1-2/h2-5H,6-12H2,1H3,(H,26,32)(H,28,31);2*1-2H3. The van der Waals surface area contributed by atoms with Gasteiger partial charge in [-0.1, -0.05) is 33.8 Å². The lowest BCUT2D eigenvalue weighted by atomic mass is 10.1. The van der Waals surface area contributed by atoms with Crippen molar-refractivity contribution in [2.75, 3.05) is 44.7 Å². The summed E-state index contributed by atoms with van der Waals surface area (Å²) in [4.78, 5) is 34.3. The summed E-state index contributed by atoms with van der Waals surface area (Å²) in [5, 5.41) is 3.00. The monoisotopic (exact) mass is 515 g/mol. The van der Waals surface area contributed by atoms with Gasteiger partial charge < -0.3 is 19.9 Å². The molecule has 10 heteroatoms. The lowest BCUT2D eigenvalue weighted by Crippen LogP contribution is -2.46. The fourth-order valence-corrected chi connectivity index (χ4v) is 4.46. The molecular weight excluding hydrogens is 480 g/mol. The predicted octanol–water partition coefficient (Wildman–Crippen LogP) is 3.87. The Hall–Kier alpha value is -3.53. The van der Waals surface area contributed by atoms with Crippen LogP contribution in [0.3, 0.4) is 0 Å². The number of piperazine rings is 1. The molecule has 0 radical (unpaired) electrons. The molecule has 0 aliphatic carbocycles. The zero-order valence-electron chi connectivity index (χ0n) is 22.1. The van der Waals surface area contributed by atoms with E-state index >= 15 is 4.39 Å². The lowest BCUT2D eigenvalue weighted by molar-refractivity contribution is 0.0957. The zero-order chi connectivity index (χ0) is 27.1. The van der Waals surface area contributed by atoms with Gasteiger partial charge in [0.2, 0.25) is 5.95 Å². The van der Waals surface area contributed by atoms with Gasteiger partial charge in [-0.25, -0.2) is 9.37 Å². The van der Waals surface area contributed by atoms with Crippen LogP contribution >= 0.6 is 0 Å². The quantitative estimate of drug-likeness (QED) is 0.513. The van der Waals surface area contributed by atoms with Crippen molar-refractivity contribution >= 4 is 22.5 Å². The summed E-state index contributed by atoms with van der Waals surface area (Å²) in [7, 11) is 1.46. The van der Waals surface area contributed by atoms with Crippen molar-refractivity contribution in [2.45, 2.75) is 40.7 Å². The van der Waals surface area contributed by atoms with Crippen LogP contribution in [-0.2, 0) is 13.0 Å². The van der Waals surface area contributed by atoms with Gasteiger partial charge in [0.05, 0.1) is 23.4 Å². The van der Waals surface area contributed by atoms with Crippen LogP contribution in [0.5, 0.6) is 5.75 Å². The third-order valence-electron chi connectivity index (χ3n) is 6.25. The van der Waals surface area contributed by atoms with Gasteiger partial charge >= 0.3 is 0 Å². The molecule has 200 valence electrons. The molecule has 1 fully saturated rings. The van der Waals surface area contributed by atoms with Gasteiger partial charge in [-0.15, -0.1) is 0 Å². The zero-order valence-corrected chi connectivity index (χ0v) is 22.1. The summed E-state index contributed by atoms with van der Waals surface area (Å²) in [5.41, 5.74) is 1.27. The molecule has 8 nitrogen and oxygen atoms in total. The Morgan fingerprint density at radius 2 is 1.78 bits per heavy atom. The average molecular weight is 516 g/mol. The number of pyridine rings is 2. The van der Waals surface area contributed by atoms with E-state index in [9.17, 15) is 14.0 Å². The summed E-state index contributed by atoms with van der Waals surface area (Å²) in [5.74, 6) is -1.11. The number of nitrogens with one attached hydrogen (secondary N) is 2. The second-order valence-electron chi connectivity index (χ2n) is 8.17. The molecule has 0 bridgehead atoms. The molecule has 2 aromatic heterocycles. The first-order valence-electron chi connectivity index (χ1n) is 12.8. The molecule has 0 spiro atoms. The molecule has 1 amide bonds. The summed E-state index contributed by atoms with van der Waals surface area (Å²) in [6.45, 7) is 11.0. The van der Waals surface area contributed by atoms with Crippen LogP contribution < -0.4 is 20.5 Å². The lowest BCUT2D eigenvalue weighted by Gasteiger charge is -2.36. The van der Waals surface area contributed by atoms with Gasteiger partial charge in [-0.3, -0.25) is 14.5 Å². The summed E-state index contributed by atoms with van der Waals surface area (Å²) in [6.07, 6.45) is 0.527. The summed E-state index contributed by atoms with van der Waals surface area (Å²) in [6, 6.07) is 6.57. The number of halogens is 2. The Morgan fingerprint density at radius 1 is 1.08 bits per heavy atom. The van der Waals surface area contributed by atoms with E-state index in [1.165, 1.54) is 13.1 Å². The first-order valence-corrected chi connectivity index (χ1v) is 12.8. The van der Waals surface area contributed by atoms with Crippen molar-refractivity contribution in [2.24, 2.45) is 0 Å². The van der Waals surface area contributed by atoms with Gasteiger partial charge in [-0.2, -0.15) is 4.39 Å². The van der Waals surface area contributed by atoms with Crippen LogP contribution in [0.1, 0.15) is 49.3 Å². The fraction of sp³-hybridized carbons (Fsp3) is 0.444. The van der Waals surface area contributed by atoms with Crippen LogP contribution in [0.2, 0.25) is 0 Å². The molecule has 5 rings (SSSR count). The maximum Gasteiger partial charge on any atom is 0.269 e. The topological polar surface area (TPSA) is 90.6 Å². The van der Waals surface area contributed by atoms with Crippen LogP contribution in [-0.4, -0.2) is 60.6 Å². The van der Waals surface area contributed by atoms with Crippen molar-refractivity contribution in [1.29, 1.82) is 0 Å². The van der Waals surface area contributed by atoms with Crippen molar-refractivity contribution in [3.63, 3.8) is 0 Å². The average Bonchev–Trinajstić information content (AvgIpc) is 3.44. The van der Waals surface area contributed by atoms with Crippen molar-refractivity contribution in [3.8, 4) is 5.75 Å². The van der Waals surface area contributed by atoms with Crippen LogP contribution in [0.4, 0.5) is 14.5 Å². The Balaban J connectivity index is 0.000000907. The molecular formula is C27H35F2N5O3. The number of hydrogen-bond donors (Lipinski definition) is 2. The highest BCUT2D eigenvalue weighted by Gasteiger charge is 2.25. The van der Waals surface area contributed by atoms with E-state index in [-0.39, 0.29) is 16.8 Å². The number of amides is 1. The Labute approximate surface area is 215 Å². The van der Waals surface area contributed by atoms with E-state index in [0.29, 0.717) is 73.7 Å². The third-order valence-corrected chi connectivity index (χ3v) is 6.25. The molecule has 0 saturated carbocycles. The Morgan fingerprint density at radius 3 is 2.43 bits per heavy atom. The first-order chi connectivity index (χ1) is 18.0. The number of benzene rings is 1. The highest BCUT2D eigenvalue weighted by Crippen LogP contribution is 2.33. The molecule has 1 aromatic carbocycles. The normalized spacial score (nSPS) is 14.6. The molecule has 4 heterocycles. The Kier molecular flexibility index (Phi) is 9.57. The van der Waals surface area contributed by atoms with Crippen LogP contribution in [0.25, 0.3) is 10.9 Å². The number of H-pyrrole nitrogens is 1. The summed E-state index contributed by atoms with van der Waals surface area (Å²) < 4.78 is 35.3. The number of anilines is 1. The van der Waals surface area contributed by atoms with Crippen molar-refractivity contribution < 1.29 is 18.3 Å². The third kappa shape index (κ3) is 5.74. The first kappa shape index (κ1) is 28.0. The largest absolute Gasteiger partial charge is 0.492 e. The highest BCUT2D eigenvalue weighted by atomic mass is 19.1. The molecule has 0 atom stereocenters. The number of ether oxygens (including phenoxy) is 1. The van der Waals surface area contributed by atoms with Gasteiger partial charge in [0.25, 0.3) is 11.5 Å². The number of nitrogens with zero attached hydrogens (tertiary/aromatic N) is 3. The number of fused-ring (bicyclic) bond motifs is 3. The molecule has 2 aliphatic heterocycles. The van der Waals surface area contributed by atoms with E-state index < -0.39 is 17.7 Å². The fourth-order valence-electron chi connectivity index (χ4n) is 4.46. The minimum Gasteiger partial charge on any atom is -0.492 e. The molecule has 37 heavy (non-hydrogen) atoms. The SMILES string of the molecule is CC.CC.CNC(=O)c1ccc(N2CCN(Cc3ccc4c5c(c(=O)[nH]c4c3F)CCO5)CC2)c(F)n1. The number of carbonyl (C=O) groups is 1. The van der Waals surface area contributed by atoms with E-state index in [2.05, 4.69) is 20.2 Å². The number of aromatic amines is 1. The number of aromatic nitrogens is 2. The Bertz CT molecular complexity index is 1300. The second kappa shape index (κ2) is 12.6. The van der Waals surface area contributed by atoms with Gasteiger partial charge in [0.1, 0.15) is 11.4 Å². The van der Waals surface area contributed by atoms with Gasteiger partial charge in [0.15, 0.2) is 5.82 Å². The molecule has 2 N–H and O–H groups in total. The van der Waals surface area contributed by atoms with E-state index in [4.69, 9.17) is 4.74 Å². The molecule has 3 aromatic rings. The van der Waals surface area contributed by atoms with Crippen molar-refractivity contribution in [1.82, 2.24) is 20.2 Å². The highest BCUT2D eigenvalue weighted by molar-refractivity contribution is 5.92. The smallest absolute Gasteiger partial charge is 0.269 e. The van der Waals surface area contributed by atoms with Gasteiger partial charge in [0, 0.05) is 57.1 Å². The minimum absolute atomic E-state index is 0.0262. The van der Waals surface area contributed by atoms with Gasteiger partial charge in [-0.05, 0) is 18.2 Å². The summed E-state index contributed by atoms with van der Waals surface area (Å²) >= 11 is 0. The van der Waals surface area contributed by atoms with E-state index in [1.807, 2.05) is 32.6 Å². The predicted molar refractivity (Wildman–Crippen MR) is 141 cm³/mol. The number of carbonyl (C=O) groups excluding carboxylic acids is 1. The molecule has 2 aliphatic rings. The number of hydrogen-bond acceptors (Lipinski definition) is 6. The van der Waals surface area contributed by atoms with Crippen LogP contribution in [0.15, 0.2) is 29.1 Å². The van der Waals surface area contributed by atoms with Crippen LogP contribution in [0, 0.1) is 11.8 Å². The van der Waals surface area contributed by atoms with E-state index in [0.717, 1.165) is 0 Å². The second-order valence-corrected chi connectivity index (χ2v) is 8.17. The maximum atomic E-state index is 15.2. The molecule has 1 saturated heterocycles. The number of rotatable bonds is 4. The molecule has 0 unspecified atom stereocenters. The van der Waals surface area contributed by atoms with E-state index in [1.54, 1.807) is 18.2 Å².